The lowest BCUT2D eigenvalue weighted by Gasteiger charge is -2.33. The lowest BCUT2D eigenvalue weighted by Crippen LogP contribution is -2.46. The number of unbranched alkanes of at least 4 members (excludes halogenated alkanes) is 4. The number of amides is 4. The molecule has 7 rings (SSSR count). The summed E-state index contributed by atoms with van der Waals surface area (Å²) in [6, 6.07) is 15.0. The first-order chi connectivity index (χ1) is 20.7. The molecule has 0 radical (unpaired) electrons. The molecule has 5 aromatic carbocycles. The summed E-state index contributed by atoms with van der Waals surface area (Å²) in [7, 11) is 0. The van der Waals surface area contributed by atoms with Gasteiger partial charge in [-0.25, -0.2) is 0 Å². The van der Waals surface area contributed by atoms with Crippen LogP contribution in [0.5, 0.6) is 0 Å². The largest absolute Gasteiger partial charge is 0.274 e. The van der Waals surface area contributed by atoms with Crippen molar-refractivity contribution in [1.29, 1.82) is 0 Å². The van der Waals surface area contributed by atoms with Crippen LogP contribution >= 0.6 is 0 Å². The highest BCUT2D eigenvalue weighted by atomic mass is 16.2. The highest BCUT2D eigenvalue weighted by Gasteiger charge is 2.38. The Bertz CT molecular complexity index is 1890. The standard InChI is InChI=1S/C37H36N2O4/c1-5-6-7-8-9-18-38-34(40)26-14-10-22-24-12-16-28-33-29(37(43)39(36(28)42)21(4)19-20(2)3)17-13-25(31(24)33)23-11-15-27(35(38)41)32(26)30(22)23/h10-17,20-21H,5-9,18-19H2,1-4H3. The van der Waals surface area contributed by atoms with E-state index in [1.165, 1.54) is 9.80 Å². The zero-order valence-electron chi connectivity index (χ0n) is 25.3. The van der Waals surface area contributed by atoms with Crippen molar-refractivity contribution in [3.05, 3.63) is 70.8 Å². The molecule has 0 N–H and O–H groups in total. The van der Waals surface area contributed by atoms with E-state index in [9.17, 15) is 19.2 Å². The topological polar surface area (TPSA) is 74.8 Å². The van der Waals surface area contributed by atoms with E-state index < -0.39 is 0 Å². The maximum atomic E-state index is 13.8. The van der Waals surface area contributed by atoms with E-state index in [1.807, 2.05) is 55.5 Å². The molecule has 0 spiro atoms. The van der Waals surface area contributed by atoms with E-state index in [0.29, 0.717) is 45.5 Å². The van der Waals surface area contributed by atoms with Crippen molar-refractivity contribution in [3.8, 4) is 0 Å². The van der Waals surface area contributed by atoms with Crippen molar-refractivity contribution in [2.45, 2.75) is 72.3 Å². The molecule has 0 bridgehead atoms. The van der Waals surface area contributed by atoms with E-state index in [2.05, 4.69) is 20.8 Å². The highest BCUT2D eigenvalue weighted by Crippen LogP contribution is 2.46. The monoisotopic (exact) mass is 572 g/mol. The van der Waals surface area contributed by atoms with Gasteiger partial charge in [0, 0.05) is 45.6 Å². The summed E-state index contributed by atoms with van der Waals surface area (Å²) < 4.78 is 0. The number of carbonyl (C=O) groups is 4. The minimum atomic E-state index is -0.253. The molecule has 1 unspecified atom stereocenters. The van der Waals surface area contributed by atoms with Crippen LogP contribution in [-0.4, -0.2) is 46.0 Å². The number of hydrogen-bond acceptors (Lipinski definition) is 4. The van der Waals surface area contributed by atoms with Gasteiger partial charge >= 0.3 is 0 Å². The Labute approximate surface area is 250 Å². The molecule has 0 fully saturated rings. The Morgan fingerprint density at radius 1 is 0.535 bits per heavy atom. The van der Waals surface area contributed by atoms with E-state index in [0.717, 1.165) is 70.8 Å². The Hall–Kier alpha value is -4.32. The van der Waals surface area contributed by atoms with Gasteiger partial charge in [0.2, 0.25) is 0 Å². The summed E-state index contributed by atoms with van der Waals surface area (Å²) in [4.78, 5) is 57.8. The van der Waals surface area contributed by atoms with E-state index >= 15 is 0 Å². The summed E-state index contributed by atoms with van der Waals surface area (Å²) in [5.74, 6) is -0.630. The second-order valence-corrected chi connectivity index (χ2v) is 12.8. The quantitative estimate of drug-likeness (QED) is 0.0770. The zero-order valence-corrected chi connectivity index (χ0v) is 25.3. The average Bonchev–Trinajstić information content (AvgIpc) is 2.98. The van der Waals surface area contributed by atoms with Crippen LogP contribution < -0.4 is 0 Å². The third-order valence-electron chi connectivity index (χ3n) is 9.49. The third-order valence-corrected chi connectivity index (χ3v) is 9.49. The predicted molar refractivity (Wildman–Crippen MR) is 171 cm³/mol. The van der Waals surface area contributed by atoms with E-state index in [1.54, 1.807) is 0 Å². The van der Waals surface area contributed by atoms with Crippen molar-refractivity contribution < 1.29 is 19.2 Å². The first kappa shape index (κ1) is 27.5. The molecule has 0 aliphatic carbocycles. The second kappa shape index (κ2) is 10.1. The van der Waals surface area contributed by atoms with Crippen molar-refractivity contribution in [2.75, 3.05) is 6.54 Å². The Morgan fingerprint density at radius 3 is 1.37 bits per heavy atom. The van der Waals surface area contributed by atoms with Crippen molar-refractivity contribution in [3.63, 3.8) is 0 Å². The van der Waals surface area contributed by atoms with Crippen molar-refractivity contribution in [2.24, 2.45) is 5.92 Å². The Kier molecular flexibility index (Phi) is 6.49. The molecule has 218 valence electrons. The first-order valence-electron chi connectivity index (χ1n) is 15.7. The maximum Gasteiger partial charge on any atom is 0.261 e. The summed E-state index contributed by atoms with van der Waals surface area (Å²) in [6.07, 6.45) is 5.94. The van der Waals surface area contributed by atoms with Gasteiger partial charge in [0.25, 0.3) is 23.6 Å². The van der Waals surface area contributed by atoms with Crippen LogP contribution in [0.3, 0.4) is 0 Å². The zero-order chi connectivity index (χ0) is 30.2. The fourth-order valence-electron chi connectivity index (χ4n) is 7.60. The number of hydrogen-bond donors (Lipinski definition) is 0. The molecule has 4 amide bonds. The van der Waals surface area contributed by atoms with Gasteiger partial charge in [0.15, 0.2) is 0 Å². The van der Waals surface area contributed by atoms with Gasteiger partial charge in [-0.3, -0.25) is 29.0 Å². The number of nitrogens with zero attached hydrogens (tertiary/aromatic N) is 2. The minimum absolute atomic E-state index is 0.210. The van der Waals surface area contributed by atoms with Crippen molar-refractivity contribution in [1.82, 2.24) is 9.80 Å². The molecule has 6 heteroatoms. The number of rotatable bonds is 9. The molecule has 0 saturated heterocycles. The summed E-state index contributed by atoms with van der Waals surface area (Å²) >= 11 is 0. The van der Waals surface area contributed by atoms with Crippen LogP contribution in [0.15, 0.2) is 48.5 Å². The molecule has 1 atom stereocenters. The SMILES string of the molecule is CCCCCCCN1C(=O)c2ccc3c4ccc5c6c(ccc(c7ccc(c2c37)C1=O)c64)C(=O)N(C(C)CC(C)C)C5=O. The van der Waals surface area contributed by atoms with E-state index in [-0.39, 0.29) is 29.7 Å². The fraction of sp³-hybridized carbons (Fsp3) is 0.351. The molecule has 6 nitrogen and oxygen atoms in total. The van der Waals surface area contributed by atoms with Crippen LogP contribution in [0.4, 0.5) is 0 Å². The maximum absolute atomic E-state index is 13.8. The van der Waals surface area contributed by atoms with Crippen LogP contribution in [0.1, 0.15) is 108 Å². The van der Waals surface area contributed by atoms with E-state index in [4.69, 9.17) is 0 Å². The van der Waals surface area contributed by atoms with Crippen molar-refractivity contribution >= 4 is 66.7 Å². The lowest BCUT2D eigenvalue weighted by molar-refractivity contribution is 0.0532. The first-order valence-corrected chi connectivity index (χ1v) is 15.7. The third kappa shape index (κ3) is 3.92. The highest BCUT2D eigenvalue weighted by molar-refractivity contribution is 6.41. The van der Waals surface area contributed by atoms with Gasteiger partial charge in [-0.2, -0.15) is 0 Å². The molecular formula is C37H36N2O4. The number of carbonyl (C=O) groups excluding carboxylic acids is 4. The van der Waals surface area contributed by atoms with Gasteiger partial charge in [0.1, 0.15) is 0 Å². The average molecular weight is 573 g/mol. The normalized spacial score (nSPS) is 15.8. The van der Waals surface area contributed by atoms with Gasteiger partial charge < -0.3 is 0 Å². The fourth-order valence-corrected chi connectivity index (χ4v) is 7.60. The molecule has 43 heavy (non-hydrogen) atoms. The smallest absolute Gasteiger partial charge is 0.261 e. The molecule has 2 aliphatic rings. The van der Waals surface area contributed by atoms with Gasteiger partial charge in [-0.05, 0) is 82.3 Å². The minimum Gasteiger partial charge on any atom is -0.274 e. The van der Waals surface area contributed by atoms with Crippen LogP contribution in [0.25, 0.3) is 43.1 Å². The van der Waals surface area contributed by atoms with Crippen LogP contribution in [0.2, 0.25) is 0 Å². The predicted octanol–water partition coefficient (Wildman–Crippen LogP) is 8.33. The number of benzene rings is 5. The summed E-state index contributed by atoms with van der Waals surface area (Å²) in [5, 5.41) is 6.81. The number of fused-ring (bicyclic) bond motifs is 2. The van der Waals surface area contributed by atoms with Gasteiger partial charge in [-0.1, -0.05) is 70.7 Å². The second-order valence-electron chi connectivity index (χ2n) is 12.8. The molecule has 2 heterocycles. The number of imide groups is 2. The Balaban J connectivity index is 1.41. The van der Waals surface area contributed by atoms with Crippen LogP contribution in [0, 0.1) is 5.92 Å². The Morgan fingerprint density at radius 2 is 0.953 bits per heavy atom. The van der Waals surface area contributed by atoms with Gasteiger partial charge in [-0.15, -0.1) is 0 Å². The summed E-state index contributed by atoms with van der Waals surface area (Å²) in [5.41, 5.74) is 2.19. The summed E-state index contributed by atoms with van der Waals surface area (Å²) in [6.45, 7) is 8.72. The molecule has 2 aliphatic heterocycles. The molecule has 0 aromatic heterocycles. The lowest BCUT2D eigenvalue weighted by atomic mass is 9.82. The molecular weight excluding hydrogens is 536 g/mol. The van der Waals surface area contributed by atoms with Gasteiger partial charge in [0.05, 0.1) is 0 Å². The van der Waals surface area contributed by atoms with Crippen LogP contribution in [-0.2, 0) is 0 Å². The molecule has 5 aromatic rings. The molecule has 0 saturated carbocycles.